The molecule has 0 saturated heterocycles. The molecule has 3 heterocycles. The van der Waals surface area contributed by atoms with Gasteiger partial charge in [-0.05, 0) is 60.3 Å². The highest BCUT2D eigenvalue weighted by atomic mass is 35.5. The fourth-order valence-corrected chi connectivity index (χ4v) is 4.39. The highest BCUT2D eigenvalue weighted by Gasteiger charge is 2.18. The number of fused-ring (bicyclic) bond motifs is 1. The SMILES string of the molecule is CCOc1ccc(-c2csc3nc(Cl)nc(N(C)CCc4ccncc4)c23)cc1. The predicted molar refractivity (Wildman–Crippen MR) is 120 cm³/mol. The lowest BCUT2D eigenvalue weighted by Crippen LogP contribution is -2.22. The van der Waals surface area contributed by atoms with E-state index < -0.39 is 0 Å². The van der Waals surface area contributed by atoms with E-state index in [1.807, 2.05) is 50.6 Å². The van der Waals surface area contributed by atoms with Crippen molar-refractivity contribution in [2.75, 3.05) is 25.1 Å². The maximum Gasteiger partial charge on any atom is 0.225 e. The first kappa shape index (κ1) is 19.6. The second-order valence-electron chi connectivity index (χ2n) is 6.63. The van der Waals surface area contributed by atoms with Crippen molar-refractivity contribution in [3.05, 3.63) is 65.0 Å². The predicted octanol–water partition coefficient (Wildman–Crippen LogP) is 5.48. The number of ether oxygens (including phenoxy) is 1. The topological polar surface area (TPSA) is 51.1 Å². The number of benzene rings is 1. The van der Waals surface area contributed by atoms with Crippen LogP contribution >= 0.6 is 22.9 Å². The first-order valence-electron chi connectivity index (χ1n) is 9.43. The summed E-state index contributed by atoms with van der Waals surface area (Å²) in [6, 6.07) is 12.2. The van der Waals surface area contributed by atoms with Crippen molar-refractivity contribution < 1.29 is 4.74 Å². The number of aromatic nitrogens is 3. The first-order valence-corrected chi connectivity index (χ1v) is 10.7. The highest BCUT2D eigenvalue weighted by molar-refractivity contribution is 7.17. The largest absolute Gasteiger partial charge is 0.494 e. The molecule has 0 unspecified atom stereocenters. The average molecular weight is 425 g/mol. The van der Waals surface area contributed by atoms with E-state index in [1.165, 1.54) is 5.56 Å². The molecule has 7 heteroatoms. The molecule has 0 bridgehead atoms. The van der Waals surface area contributed by atoms with E-state index >= 15 is 0 Å². The van der Waals surface area contributed by atoms with Gasteiger partial charge in [0.15, 0.2) is 0 Å². The van der Waals surface area contributed by atoms with E-state index in [2.05, 4.69) is 37.4 Å². The van der Waals surface area contributed by atoms with Gasteiger partial charge in [0.2, 0.25) is 5.28 Å². The highest BCUT2D eigenvalue weighted by Crippen LogP contribution is 2.39. The van der Waals surface area contributed by atoms with Crippen LogP contribution in [-0.4, -0.2) is 35.2 Å². The van der Waals surface area contributed by atoms with Crippen molar-refractivity contribution in [2.24, 2.45) is 0 Å². The number of hydrogen-bond acceptors (Lipinski definition) is 6. The molecule has 0 N–H and O–H groups in total. The van der Waals surface area contributed by atoms with Gasteiger partial charge in [0.05, 0.1) is 12.0 Å². The van der Waals surface area contributed by atoms with E-state index in [4.69, 9.17) is 16.3 Å². The molecule has 0 spiro atoms. The number of thiophene rings is 1. The standard InChI is InChI=1S/C22H21ClN4OS/c1-3-28-17-6-4-16(5-7-17)18-14-29-21-19(18)20(25-22(23)26-21)27(2)13-10-15-8-11-24-12-9-15/h4-9,11-12,14H,3,10,13H2,1-2H3. The Morgan fingerprint density at radius 3 is 2.55 bits per heavy atom. The normalized spacial score (nSPS) is 11.0. The van der Waals surface area contributed by atoms with Crippen molar-refractivity contribution in [3.8, 4) is 16.9 Å². The Bertz CT molecular complexity index is 1100. The summed E-state index contributed by atoms with van der Waals surface area (Å²) in [7, 11) is 2.04. The molecule has 0 aliphatic rings. The summed E-state index contributed by atoms with van der Waals surface area (Å²) >= 11 is 7.81. The molecule has 4 aromatic rings. The molecule has 3 aromatic heterocycles. The minimum Gasteiger partial charge on any atom is -0.494 e. The average Bonchev–Trinajstić information content (AvgIpc) is 3.16. The number of rotatable bonds is 7. The summed E-state index contributed by atoms with van der Waals surface area (Å²) < 4.78 is 5.57. The number of likely N-dealkylation sites (N-methyl/N-ethyl adjacent to an activating group) is 1. The van der Waals surface area contributed by atoms with Crippen molar-refractivity contribution in [1.29, 1.82) is 0 Å². The smallest absolute Gasteiger partial charge is 0.225 e. The van der Waals surface area contributed by atoms with Crippen molar-refractivity contribution in [1.82, 2.24) is 15.0 Å². The van der Waals surface area contributed by atoms with Gasteiger partial charge in [-0.25, -0.2) is 4.98 Å². The molecule has 5 nitrogen and oxygen atoms in total. The fraction of sp³-hybridized carbons (Fsp3) is 0.227. The molecular formula is C22H21ClN4OS. The second kappa shape index (κ2) is 8.76. The lowest BCUT2D eigenvalue weighted by molar-refractivity contribution is 0.340. The Hall–Kier alpha value is -2.70. The third-order valence-corrected chi connectivity index (χ3v) is 5.75. The van der Waals surface area contributed by atoms with E-state index in [9.17, 15) is 0 Å². The van der Waals surface area contributed by atoms with Crippen LogP contribution in [0.4, 0.5) is 5.82 Å². The summed E-state index contributed by atoms with van der Waals surface area (Å²) in [6.07, 6.45) is 4.53. The second-order valence-corrected chi connectivity index (χ2v) is 7.83. The fourth-order valence-electron chi connectivity index (χ4n) is 3.24. The Morgan fingerprint density at radius 1 is 1.07 bits per heavy atom. The summed E-state index contributed by atoms with van der Waals surface area (Å²) in [4.78, 5) is 16.1. The van der Waals surface area contributed by atoms with Crippen molar-refractivity contribution in [3.63, 3.8) is 0 Å². The third-order valence-electron chi connectivity index (χ3n) is 4.71. The van der Waals surface area contributed by atoms with E-state index in [0.717, 1.165) is 45.9 Å². The van der Waals surface area contributed by atoms with Gasteiger partial charge in [-0.1, -0.05) is 12.1 Å². The summed E-state index contributed by atoms with van der Waals surface area (Å²) in [6.45, 7) is 3.44. The zero-order chi connectivity index (χ0) is 20.2. The van der Waals surface area contributed by atoms with Gasteiger partial charge in [0.1, 0.15) is 16.4 Å². The quantitative estimate of drug-likeness (QED) is 0.367. The lowest BCUT2D eigenvalue weighted by Gasteiger charge is -2.20. The minimum atomic E-state index is 0.267. The Balaban J connectivity index is 1.68. The van der Waals surface area contributed by atoms with Crippen LogP contribution in [-0.2, 0) is 6.42 Å². The lowest BCUT2D eigenvalue weighted by atomic mass is 10.1. The van der Waals surface area contributed by atoms with E-state index in [-0.39, 0.29) is 5.28 Å². The van der Waals surface area contributed by atoms with Gasteiger partial charge in [-0.15, -0.1) is 11.3 Å². The van der Waals surface area contributed by atoms with Gasteiger partial charge in [-0.2, -0.15) is 4.98 Å². The van der Waals surface area contributed by atoms with Crippen LogP contribution < -0.4 is 9.64 Å². The number of halogens is 1. The summed E-state index contributed by atoms with van der Waals surface area (Å²) in [5, 5.41) is 3.41. The Kier molecular flexibility index (Phi) is 5.92. The van der Waals surface area contributed by atoms with Crippen LogP contribution in [0.2, 0.25) is 5.28 Å². The molecule has 0 saturated carbocycles. The summed E-state index contributed by atoms with van der Waals surface area (Å²) in [5.74, 6) is 1.71. The number of anilines is 1. The number of pyridine rings is 1. The van der Waals surface area contributed by atoms with Crippen LogP contribution in [0.5, 0.6) is 5.75 Å². The van der Waals surface area contributed by atoms with Crippen LogP contribution in [0.3, 0.4) is 0 Å². The Labute approximate surface area is 179 Å². The zero-order valence-electron chi connectivity index (χ0n) is 16.3. The molecule has 148 valence electrons. The molecule has 29 heavy (non-hydrogen) atoms. The molecular weight excluding hydrogens is 404 g/mol. The first-order chi connectivity index (χ1) is 14.2. The van der Waals surface area contributed by atoms with Crippen LogP contribution in [0.25, 0.3) is 21.3 Å². The third kappa shape index (κ3) is 4.33. The van der Waals surface area contributed by atoms with Crippen LogP contribution in [0, 0.1) is 0 Å². The number of hydrogen-bond donors (Lipinski definition) is 0. The number of nitrogens with zero attached hydrogens (tertiary/aromatic N) is 4. The maximum absolute atomic E-state index is 6.23. The Morgan fingerprint density at radius 2 is 1.83 bits per heavy atom. The van der Waals surface area contributed by atoms with Gasteiger partial charge >= 0.3 is 0 Å². The molecule has 0 amide bonds. The monoisotopic (exact) mass is 424 g/mol. The minimum absolute atomic E-state index is 0.267. The molecule has 0 fully saturated rings. The van der Waals surface area contributed by atoms with Crippen LogP contribution in [0.15, 0.2) is 54.2 Å². The van der Waals surface area contributed by atoms with Gasteiger partial charge in [-0.3, -0.25) is 4.98 Å². The molecule has 0 atom stereocenters. The van der Waals surface area contributed by atoms with Crippen LogP contribution in [0.1, 0.15) is 12.5 Å². The van der Waals surface area contributed by atoms with Gasteiger partial charge in [0.25, 0.3) is 0 Å². The van der Waals surface area contributed by atoms with Crippen molar-refractivity contribution >= 4 is 39.0 Å². The molecule has 0 radical (unpaired) electrons. The zero-order valence-corrected chi connectivity index (χ0v) is 17.9. The molecule has 0 aliphatic heterocycles. The van der Waals surface area contributed by atoms with E-state index in [1.54, 1.807) is 11.3 Å². The maximum atomic E-state index is 6.23. The van der Waals surface area contributed by atoms with Crippen molar-refractivity contribution in [2.45, 2.75) is 13.3 Å². The summed E-state index contributed by atoms with van der Waals surface area (Å²) in [5.41, 5.74) is 3.45. The molecule has 4 rings (SSSR count). The van der Waals surface area contributed by atoms with Gasteiger partial charge in [0, 0.05) is 36.9 Å². The molecule has 1 aromatic carbocycles. The van der Waals surface area contributed by atoms with Gasteiger partial charge < -0.3 is 9.64 Å². The molecule has 0 aliphatic carbocycles. The van der Waals surface area contributed by atoms with E-state index in [0.29, 0.717) is 6.61 Å².